The van der Waals surface area contributed by atoms with Crippen LogP contribution in [-0.4, -0.2) is 35.0 Å². The molecule has 0 aromatic heterocycles. The van der Waals surface area contributed by atoms with Crippen LogP contribution in [0.2, 0.25) is 0 Å². The van der Waals surface area contributed by atoms with E-state index < -0.39 is 0 Å². The first-order valence-corrected chi connectivity index (χ1v) is 10.1. The van der Waals surface area contributed by atoms with E-state index in [-0.39, 0.29) is 36.5 Å². The molecule has 0 fully saturated rings. The zero-order valence-electron chi connectivity index (χ0n) is 17.2. The Hall–Kier alpha value is -3.48. The summed E-state index contributed by atoms with van der Waals surface area (Å²) >= 11 is 0. The van der Waals surface area contributed by atoms with Gasteiger partial charge in [0.1, 0.15) is 0 Å². The Morgan fingerprint density at radius 2 is 1.57 bits per heavy atom. The maximum Gasteiger partial charge on any atom is 0.243 e. The Balaban J connectivity index is 1.46. The molecular formula is C23H26N4O3. The highest BCUT2D eigenvalue weighted by atomic mass is 16.2. The van der Waals surface area contributed by atoms with Crippen LogP contribution >= 0.6 is 0 Å². The van der Waals surface area contributed by atoms with E-state index in [4.69, 9.17) is 0 Å². The molecule has 2 aromatic carbocycles. The summed E-state index contributed by atoms with van der Waals surface area (Å²) in [5.74, 6) is -0.576. The van der Waals surface area contributed by atoms with Gasteiger partial charge in [0.2, 0.25) is 17.7 Å². The van der Waals surface area contributed by atoms with E-state index in [2.05, 4.69) is 15.7 Å². The summed E-state index contributed by atoms with van der Waals surface area (Å²) in [5, 5.41) is 11.4. The normalized spacial score (nSPS) is 13.2. The van der Waals surface area contributed by atoms with Gasteiger partial charge in [0.25, 0.3) is 0 Å². The first kappa shape index (κ1) is 21.2. The molecule has 0 radical (unpaired) electrons. The second-order valence-electron chi connectivity index (χ2n) is 7.45. The van der Waals surface area contributed by atoms with Gasteiger partial charge in [0.15, 0.2) is 0 Å². The van der Waals surface area contributed by atoms with Gasteiger partial charge in [-0.3, -0.25) is 14.4 Å². The lowest BCUT2D eigenvalue weighted by molar-refractivity contribution is -0.132. The highest BCUT2D eigenvalue weighted by molar-refractivity contribution is 6.03. The Bertz CT molecular complexity index is 937. The molecule has 3 rings (SSSR count). The fraction of sp³-hybridized carbons (Fsp3) is 0.304. The second kappa shape index (κ2) is 9.82. The van der Waals surface area contributed by atoms with Crippen molar-refractivity contribution in [1.82, 2.24) is 5.01 Å². The molecule has 2 N–H and O–H groups in total. The van der Waals surface area contributed by atoms with Gasteiger partial charge in [-0.15, -0.1) is 0 Å². The molecule has 0 atom stereocenters. The molecule has 0 saturated heterocycles. The summed E-state index contributed by atoms with van der Waals surface area (Å²) in [6, 6.07) is 16.7. The molecular weight excluding hydrogens is 380 g/mol. The molecule has 2 aromatic rings. The molecule has 1 heterocycles. The van der Waals surface area contributed by atoms with Crippen molar-refractivity contribution in [3.63, 3.8) is 0 Å². The van der Waals surface area contributed by atoms with Crippen LogP contribution in [-0.2, 0) is 14.4 Å². The van der Waals surface area contributed by atoms with Crippen LogP contribution in [0.25, 0.3) is 0 Å². The van der Waals surface area contributed by atoms with Crippen molar-refractivity contribution in [2.75, 3.05) is 17.2 Å². The molecule has 0 unspecified atom stereocenters. The number of amides is 3. The molecule has 3 amide bonds. The molecule has 7 heteroatoms. The zero-order valence-corrected chi connectivity index (χ0v) is 17.2. The Labute approximate surface area is 176 Å². The van der Waals surface area contributed by atoms with Crippen LogP contribution in [0.3, 0.4) is 0 Å². The number of nitrogens with one attached hydrogen (secondary N) is 2. The van der Waals surface area contributed by atoms with Crippen LogP contribution in [0.1, 0.15) is 38.7 Å². The number of anilines is 2. The molecule has 0 aliphatic carbocycles. The lowest BCUT2D eigenvalue weighted by Crippen LogP contribution is -2.25. The van der Waals surface area contributed by atoms with E-state index in [1.165, 1.54) is 5.01 Å². The average molecular weight is 406 g/mol. The standard InChI is InChI=1S/C23H26N4O3/c1-16(2)23(30)25-19-10-8-18(9-11-19)24-21(28)12-13-22(29)27-15-14-20(26-27)17-6-4-3-5-7-17/h3-11,16H,12-15H2,1-2H3,(H,24,28)(H,25,30). The van der Waals surface area contributed by atoms with E-state index in [1.54, 1.807) is 24.3 Å². The maximum atomic E-state index is 12.4. The second-order valence-corrected chi connectivity index (χ2v) is 7.45. The largest absolute Gasteiger partial charge is 0.326 e. The van der Waals surface area contributed by atoms with Crippen molar-refractivity contribution < 1.29 is 14.4 Å². The number of carbonyl (C=O) groups is 3. The van der Waals surface area contributed by atoms with E-state index in [0.29, 0.717) is 24.3 Å². The summed E-state index contributed by atoms with van der Waals surface area (Å²) < 4.78 is 0. The van der Waals surface area contributed by atoms with Gasteiger partial charge in [0, 0.05) is 36.6 Å². The quantitative estimate of drug-likeness (QED) is 0.735. The minimum Gasteiger partial charge on any atom is -0.326 e. The SMILES string of the molecule is CC(C)C(=O)Nc1ccc(NC(=O)CCC(=O)N2CCC(c3ccccc3)=N2)cc1. The number of hydrogen-bond donors (Lipinski definition) is 2. The fourth-order valence-corrected chi connectivity index (χ4v) is 2.97. The van der Waals surface area contributed by atoms with Gasteiger partial charge in [-0.2, -0.15) is 5.10 Å². The summed E-state index contributed by atoms with van der Waals surface area (Å²) in [5.41, 5.74) is 3.18. The highest BCUT2D eigenvalue weighted by Gasteiger charge is 2.21. The third kappa shape index (κ3) is 5.76. The Morgan fingerprint density at radius 3 is 2.20 bits per heavy atom. The molecule has 0 spiro atoms. The predicted octanol–water partition coefficient (Wildman–Crippen LogP) is 3.64. The molecule has 0 bridgehead atoms. The Morgan fingerprint density at radius 1 is 0.933 bits per heavy atom. The topological polar surface area (TPSA) is 90.9 Å². The van der Waals surface area contributed by atoms with Crippen LogP contribution in [0.4, 0.5) is 11.4 Å². The third-order valence-corrected chi connectivity index (χ3v) is 4.72. The third-order valence-electron chi connectivity index (χ3n) is 4.72. The number of benzene rings is 2. The highest BCUT2D eigenvalue weighted by Crippen LogP contribution is 2.17. The van der Waals surface area contributed by atoms with E-state index >= 15 is 0 Å². The van der Waals surface area contributed by atoms with Crippen molar-refractivity contribution in [3.8, 4) is 0 Å². The molecule has 1 aliphatic heterocycles. The Kier molecular flexibility index (Phi) is 6.95. The monoisotopic (exact) mass is 406 g/mol. The van der Waals surface area contributed by atoms with Crippen LogP contribution in [0, 0.1) is 5.92 Å². The van der Waals surface area contributed by atoms with Crippen molar-refractivity contribution in [1.29, 1.82) is 0 Å². The van der Waals surface area contributed by atoms with Gasteiger partial charge in [-0.25, -0.2) is 5.01 Å². The van der Waals surface area contributed by atoms with Crippen LogP contribution in [0.15, 0.2) is 59.7 Å². The number of carbonyl (C=O) groups excluding carboxylic acids is 3. The molecule has 156 valence electrons. The summed E-state index contributed by atoms with van der Waals surface area (Å²) in [6.45, 7) is 4.18. The lowest BCUT2D eigenvalue weighted by Gasteiger charge is -2.12. The first-order valence-electron chi connectivity index (χ1n) is 10.1. The van der Waals surface area contributed by atoms with E-state index in [0.717, 1.165) is 11.3 Å². The summed E-state index contributed by atoms with van der Waals surface area (Å²) in [7, 11) is 0. The smallest absolute Gasteiger partial charge is 0.243 e. The molecule has 30 heavy (non-hydrogen) atoms. The summed E-state index contributed by atoms with van der Waals surface area (Å²) in [4.78, 5) is 36.3. The number of rotatable bonds is 7. The van der Waals surface area contributed by atoms with Crippen molar-refractivity contribution in [2.45, 2.75) is 33.1 Å². The van der Waals surface area contributed by atoms with Crippen molar-refractivity contribution in [2.24, 2.45) is 11.0 Å². The van der Waals surface area contributed by atoms with Crippen molar-refractivity contribution >= 4 is 34.8 Å². The zero-order chi connectivity index (χ0) is 21.5. The van der Waals surface area contributed by atoms with Gasteiger partial charge in [-0.05, 0) is 29.8 Å². The predicted molar refractivity (Wildman–Crippen MR) is 117 cm³/mol. The number of nitrogens with zero attached hydrogens (tertiary/aromatic N) is 2. The summed E-state index contributed by atoms with van der Waals surface area (Å²) in [6.07, 6.45) is 0.888. The van der Waals surface area contributed by atoms with Crippen molar-refractivity contribution in [3.05, 3.63) is 60.2 Å². The molecule has 7 nitrogen and oxygen atoms in total. The van der Waals surface area contributed by atoms with E-state index in [9.17, 15) is 14.4 Å². The minimum atomic E-state index is -0.242. The van der Waals surface area contributed by atoms with Crippen LogP contribution < -0.4 is 10.6 Å². The lowest BCUT2D eigenvalue weighted by atomic mass is 10.1. The van der Waals surface area contributed by atoms with Gasteiger partial charge in [0.05, 0.1) is 12.3 Å². The minimum absolute atomic E-state index is 0.0645. The first-order chi connectivity index (χ1) is 14.4. The van der Waals surface area contributed by atoms with Crippen LogP contribution in [0.5, 0.6) is 0 Å². The average Bonchev–Trinajstić information content (AvgIpc) is 3.24. The van der Waals surface area contributed by atoms with Gasteiger partial charge < -0.3 is 10.6 Å². The number of hydrogen-bond acceptors (Lipinski definition) is 4. The van der Waals surface area contributed by atoms with E-state index in [1.807, 2.05) is 44.2 Å². The maximum absolute atomic E-state index is 12.4. The fourth-order valence-electron chi connectivity index (χ4n) is 2.97. The van der Waals surface area contributed by atoms with Gasteiger partial charge in [-0.1, -0.05) is 44.2 Å². The molecule has 1 aliphatic rings. The number of hydrazone groups is 1. The van der Waals surface area contributed by atoms with Gasteiger partial charge >= 0.3 is 0 Å². The molecule has 0 saturated carbocycles.